The van der Waals surface area contributed by atoms with Gasteiger partial charge in [-0.15, -0.1) is 0 Å². The van der Waals surface area contributed by atoms with E-state index in [0.717, 1.165) is 12.8 Å². The lowest BCUT2D eigenvalue weighted by atomic mass is 9.92. The fourth-order valence-corrected chi connectivity index (χ4v) is 28.8. The molecule has 0 heterocycles. The Labute approximate surface area is 483 Å². The van der Waals surface area contributed by atoms with Gasteiger partial charge in [0.2, 0.25) is 0 Å². The summed E-state index contributed by atoms with van der Waals surface area (Å²) in [7, 11) is -4.27. The fourth-order valence-electron chi connectivity index (χ4n) is 13.4. The number of hydrogen-bond acceptors (Lipinski definition) is 4. The normalized spacial score (nSPS) is 14.8. The van der Waals surface area contributed by atoms with Crippen LogP contribution in [0.15, 0.2) is 116 Å². The molecule has 432 valence electrons. The molecule has 6 rings (SSSR count). The number of para-hydroxylation sites is 2. The molecular formula is C70H112N4P4. The average Bonchev–Trinajstić information content (AvgIpc) is 4.02. The summed E-state index contributed by atoms with van der Waals surface area (Å²) in [6.07, 6.45) is 7.04. The van der Waals surface area contributed by atoms with Crippen molar-refractivity contribution in [3.05, 3.63) is 129 Å². The Morgan fingerprint density at radius 3 is 0.859 bits per heavy atom. The van der Waals surface area contributed by atoms with E-state index in [9.17, 15) is 0 Å². The number of rotatable bonds is 22. The van der Waals surface area contributed by atoms with Crippen LogP contribution in [-0.2, 0) is 0 Å². The molecule has 0 unspecified atom stereocenters. The first kappa shape index (κ1) is 66.1. The summed E-state index contributed by atoms with van der Waals surface area (Å²) >= 11 is 0. The predicted octanol–water partition coefficient (Wildman–Crippen LogP) is 24.0. The molecule has 0 amide bonds. The molecule has 0 bridgehead atoms. The number of allylic oxidation sites excluding steroid dienone is 4. The zero-order valence-electron chi connectivity index (χ0n) is 53.9. The minimum Gasteiger partial charge on any atom is -0.358 e. The van der Waals surface area contributed by atoms with E-state index in [4.69, 9.17) is 9.49 Å². The van der Waals surface area contributed by atoms with E-state index in [1.165, 1.54) is 92.7 Å². The largest absolute Gasteiger partial charge is 0.358 e. The second-order valence-electron chi connectivity index (χ2n) is 26.3. The van der Waals surface area contributed by atoms with Gasteiger partial charge < -0.3 is 10.6 Å². The lowest BCUT2D eigenvalue weighted by molar-refractivity contribution is 0.834. The maximum atomic E-state index is 5.99. The van der Waals surface area contributed by atoms with Crippen LogP contribution < -0.4 is 21.2 Å². The molecule has 4 aromatic carbocycles. The standard InChI is InChI=1S/2C35H56N2P2/c2*1-23(2)29-17-15-18-30(24(3)4)35(29)36-32-20-16-22-34(32)39(27(9)10,28(11)12)37-31-19-13-14-21-33(31)38(25(5)6)26(7)8/h2*13-15,17-19,21,23-28,36H,16,20,22H2,1-12H3. The summed E-state index contributed by atoms with van der Waals surface area (Å²) in [6.45, 7) is 57.3. The minimum atomic E-state index is -1.85. The van der Waals surface area contributed by atoms with Crippen LogP contribution in [0.1, 0.15) is 251 Å². The number of benzene rings is 4. The Balaban J connectivity index is 0.000000287. The van der Waals surface area contributed by atoms with Gasteiger partial charge in [0, 0.05) is 47.5 Å². The van der Waals surface area contributed by atoms with Crippen LogP contribution in [0.5, 0.6) is 0 Å². The van der Waals surface area contributed by atoms with E-state index >= 15 is 0 Å². The summed E-state index contributed by atoms with van der Waals surface area (Å²) in [6, 6.07) is 32.1. The number of hydrogen-bond donors (Lipinski definition) is 2. The number of nitrogens with zero attached hydrogens (tertiary/aromatic N) is 2. The van der Waals surface area contributed by atoms with E-state index in [2.05, 4.69) is 262 Å². The first-order valence-electron chi connectivity index (χ1n) is 30.9. The van der Waals surface area contributed by atoms with Crippen molar-refractivity contribution in [3.63, 3.8) is 0 Å². The first-order valence-corrected chi connectivity index (χ1v) is 37.6. The summed E-state index contributed by atoms with van der Waals surface area (Å²) in [5, 5.41) is 14.5. The maximum absolute atomic E-state index is 5.99. The van der Waals surface area contributed by atoms with Crippen molar-refractivity contribution in [1.82, 2.24) is 0 Å². The molecule has 4 aromatic rings. The second kappa shape index (κ2) is 29.0. The van der Waals surface area contributed by atoms with Crippen LogP contribution in [-0.4, -0.2) is 45.3 Å². The van der Waals surface area contributed by atoms with Gasteiger partial charge in [-0.3, -0.25) is 9.49 Å². The molecule has 4 nitrogen and oxygen atoms in total. The third-order valence-electron chi connectivity index (χ3n) is 16.8. The van der Waals surface area contributed by atoms with Gasteiger partial charge in [-0.05, 0) is 152 Å². The van der Waals surface area contributed by atoms with Crippen LogP contribution >= 0.6 is 30.0 Å². The van der Waals surface area contributed by atoms with Crippen LogP contribution in [0, 0.1) is 0 Å². The molecule has 0 aromatic heterocycles. The van der Waals surface area contributed by atoms with E-state index in [0.29, 0.717) is 68.9 Å². The van der Waals surface area contributed by atoms with Crippen molar-refractivity contribution < 1.29 is 0 Å². The van der Waals surface area contributed by atoms with Crippen LogP contribution in [0.2, 0.25) is 0 Å². The van der Waals surface area contributed by atoms with Gasteiger partial charge >= 0.3 is 0 Å². The molecule has 0 fully saturated rings. The first-order chi connectivity index (χ1) is 36.6. The van der Waals surface area contributed by atoms with Crippen molar-refractivity contribution >= 4 is 63.3 Å². The fraction of sp³-hybridized carbons (Fsp3) is 0.600. The molecule has 2 aliphatic carbocycles. The molecule has 0 atom stereocenters. The summed E-state index contributed by atoms with van der Waals surface area (Å²) in [4.78, 5) is 0. The monoisotopic (exact) mass is 1130 g/mol. The lowest BCUT2D eigenvalue weighted by Gasteiger charge is -2.37. The van der Waals surface area contributed by atoms with Crippen molar-refractivity contribution in [2.24, 2.45) is 9.49 Å². The zero-order valence-corrected chi connectivity index (χ0v) is 57.5. The van der Waals surface area contributed by atoms with Gasteiger partial charge in [-0.1, -0.05) is 255 Å². The molecule has 2 N–H and O–H groups in total. The highest BCUT2D eigenvalue weighted by molar-refractivity contribution is 7.72. The number of anilines is 2. The lowest BCUT2D eigenvalue weighted by Crippen LogP contribution is -2.17. The third kappa shape index (κ3) is 14.7. The van der Waals surface area contributed by atoms with Gasteiger partial charge in [0.25, 0.3) is 0 Å². The quantitative estimate of drug-likeness (QED) is 0.0771. The van der Waals surface area contributed by atoms with E-state index in [1.807, 2.05) is 0 Å². The highest BCUT2D eigenvalue weighted by atomic mass is 31.2. The molecule has 0 aliphatic heterocycles. The Morgan fingerprint density at radius 2 is 0.615 bits per heavy atom. The molecule has 0 spiro atoms. The Morgan fingerprint density at radius 1 is 0.346 bits per heavy atom. The van der Waals surface area contributed by atoms with Crippen LogP contribution in [0.3, 0.4) is 0 Å². The zero-order chi connectivity index (χ0) is 58.1. The molecule has 2 aliphatic rings. The maximum Gasteiger partial charge on any atom is 0.0694 e. The van der Waals surface area contributed by atoms with Crippen molar-refractivity contribution in [2.45, 2.75) is 274 Å². The van der Waals surface area contributed by atoms with E-state index < -0.39 is 14.1 Å². The predicted molar refractivity (Wildman–Crippen MR) is 363 cm³/mol. The summed E-state index contributed by atoms with van der Waals surface area (Å²) in [5.74, 6) is 1.92. The average molecular weight is 1130 g/mol. The van der Waals surface area contributed by atoms with Gasteiger partial charge in [0.15, 0.2) is 0 Å². The molecular weight excluding hydrogens is 1020 g/mol. The van der Waals surface area contributed by atoms with Crippen molar-refractivity contribution in [3.8, 4) is 0 Å². The third-order valence-corrected chi connectivity index (χ3v) is 33.2. The van der Waals surface area contributed by atoms with Crippen molar-refractivity contribution in [1.29, 1.82) is 0 Å². The second-order valence-corrected chi connectivity index (χ2v) is 41.6. The van der Waals surface area contributed by atoms with Crippen molar-refractivity contribution in [2.75, 3.05) is 10.6 Å². The molecule has 0 radical (unpaired) electrons. The van der Waals surface area contributed by atoms with Gasteiger partial charge in [0.05, 0.1) is 11.4 Å². The Bertz CT molecular complexity index is 2500. The molecule has 8 heteroatoms. The topological polar surface area (TPSA) is 48.8 Å². The minimum absolute atomic E-state index is 0.280. The Kier molecular flexibility index (Phi) is 24.6. The van der Waals surface area contributed by atoms with E-state index in [1.54, 1.807) is 10.6 Å². The summed E-state index contributed by atoms with van der Waals surface area (Å²) < 4.78 is 12.0. The summed E-state index contributed by atoms with van der Waals surface area (Å²) in [5.41, 5.74) is 18.5. The highest BCUT2D eigenvalue weighted by Gasteiger charge is 2.39. The van der Waals surface area contributed by atoms with Crippen LogP contribution in [0.25, 0.3) is 0 Å². The molecule has 0 saturated carbocycles. The Hall–Kier alpha value is -2.72. The van der Waals surface area contributed by atoms with Gasteiger partial charge in [-0.25, -0.2) is 0 Å². The van der Waals surface area contributed by atoms with Gasteiger partial charge in [-0.2, -0.15) is 0 Å². The smallest absolute Gasteiger partial charge is 0.0694 e. The molecule has 78 heavy (non-hydrogen) atoms. The molecule has 0 saturated heterocycles. The van der Waals surface area contributed by atoms with Crippen LogP contribution in [0.4, 0.5) is 22.7 Å². The number of nitrogens with one attached hydrogen (secondary N) is 2. The SMILES string of the molecule is CC(C)c1cccc(C(C)C)c1NC1=C(P(=Nc2ccccc2P(C(C)C)C(C)C)(C(C)C)C(C)C)CCC1.CC(C)c1cccc(C(C)C)c1NC1=C(P(=Nc2ccccc2P(C(C)C)C(C)C)(C(C)C)C(C)C)CCC1. The van der Waals surface area contributed by atoms with E-state index in [-0.39, 0.29) is 15.8 Å². The highest BCUT2D eigenvalue weighted by Crippen LogP contribution is 2.71. The van der Waals surface area contributed by atoms with Gasteiger partial charge in [0.1, 0.15) is 0 Å².